The maximum absolute atomic E-state index is 12.9. The molecule has 5 rings (SSSR count). The van der Waals surface area contributed by atoms with Gasteiger partial charge in [0.25, 0.3) is 0 Å². The number of unbranched alkanes of at least 4 members (excludes halogenated alkanes) is 6. The van der Waals surface area contributed by atoms with Crippen LogP contribution in [0.25, 0.3) is 11.1 Å². The molecule has 2 aromatic carbocycles. The van der Waals surface area contributed by atoms with E-state index in [9.17, 15) is 14.4 Å². The van der Waals surface area contributed by atoms with E-state index in [1.807, 2.05) is 30.3 Å². The summed E-state index contributed by atoms with van der Waals surface area (Å²) in [5, 5.41) is 0. The molecule has 0 radical (unpaired) electrons. The van der Waals surface area contributed by atoms with Gasteiger partial charge in [-0.05, 0) is 97.9 Å². The minimum atomic E-state index is -0.674. The second-order valence-electron chi connectivity index (χ2n) is 12.7. The van der Waals surface area contributed by atoms with E-state index in [-0.39, 0.29) is 24.5 Å². The number of carbonyl (C=O) groups is 3. The first kappa shape index (κ1) is 40.9. The van der Waals surface area contributed by atoms with Gasteiger partial charge in [0, 0.05) is 18.1 Å². The van der Waals surface area contributed by atoms with Crippen LogP contribution in [0.15, 0.2) is 86.5 Å². The smallest absolute Gasteiger partial charge is 0.381 e. The highest BCUT2D eigenvalue weighted by Crippen LogP contribution is 2.47. The van der Waals surface area contributed by atoms with Gasteiger partial charge in [-0.1, -0.05) is 32.2 Å². The van der Waals surface area contributed by atoms with Crippen LogP contribution in [0.1, 0.15) is 86.0 Å². The van der Waals surface area contributed by atoms with Gasteiger partial charge in [0.15, 0.2) is 11.5 Å². The number of rotatable bonds is 24. The van der Waals surface area contributed by atoms with Crippen molar-refractivity contribution in [2.45, 2.75) is 64.2 Å². The molecule has 0 bridgehead atoms. The fourth-order valence-electron chi connectivity index (χ4n) is 5.82. The van der Waals surface area contributed by atoms with E-state index in [1.54, 1.807) is 18.5 Å². The molecule has 14 heteroatoms. The molecule has 14 nitrogen and oxygen atoms in total. The number of hydrogen-bond donors (Lipinski definition) is 0. The molecule has 0 saturated heterocycles. The Morgan fingerprint density at radius 1 is 0.589 bits per heavy atom. The third kappa shape index (κ3) is 12.4. The molecule has 0 amide bonds. The fourth-order valence-corrected chi connectivity index (χ4v) is 5.82. The quantitative estimate of drug-likeness (QED) is 0.0228. The highest BCUT2D eigenvalue weighted by atomic mass is 16.7. The van der Waals surface area contributed by atoms with Crippen LogP contribution in [0.2, 0.25) is 0 Å². The van der Waals surface area contributed by atoms with Gasteiger partial charge < -0.3 is 33.2 Å². The van der Waals surface area contributed by atoms with Gasteiger partial charge in [-0.15, -0.1) is 0 Å². The molecule has 1 aliphatic rings. The molecular formula is C42H46N4O10. The van der Waals surface area contributed by atoms with Crippen LogP contribution in [0.4, 0.5) is 0 Å². The summed E-state index contributed by atoms with van der Waals surface area (Å²) < 4.78 is 38.4. The van der Waals surface area contributed by atoms with E-state index in [2.05, 4.69) is 40.0 Å². The molecule has 294 valence electrons. The number of carbonyl (C=O) groups excluding carboxylic acids is 3. The van der Waals surface area contributed by atoms with E-state index < -0.39 is 17.9 Å². The Morgan fingerprint density at radius 2 is 1.07 bits per heavy atom. The summed E-state index contributed by atoms with van der Waals surface area (Å²) in [6.45, 7) is 10.5. The van der Waals surface area contributed by atoms with Crippen LogP contribution in [-0.4, -0.2) is 71.1 Å². The molecule has 1 atom stereocenters. The van der Waals surface area contributed by atoms with Gasteiger partial charge >= 0.3 is 23.9 Å². The highest BCUT2D eigenvalue weighted by Gasteiger charge is 2.27. The van der Waals surface area contributed by atoms with Crippen LogP contribution in [0.3, 0.4) is 0 Å². The van der Waals surface area contributed by atoms with E-state index in [4.69, 9.17) is 33.2 Å². The Kier molecular flexibility index (Phi) is 15.7. The van der Waals surface area contributed by atoms with Crippen molar-refractivity contribution in [2.75, 3.05) is 33.2 Å². The average Bonchev–Trinajstić information content (AvgIpc) is 3.50. The lowest BCUT2D eigenvalue weighted by atomic mass is 9.99. The van der Waals surface area contributed by atoms with Gasteiger partial charge in [-0.3, -0.25) is 0 Å². The van der Waals surface area contributed by atoms with Crippen molar-refractivity contribution < 1.29 is 47.5 Å². The second-order valence-corrected chi connectivity index (χ2v) is 12.7. The van der Waals surface area contributed by atoms with E-state index in [1.165, 1.54) is 12.4 Å². The van der Waals surface area contributed by atoms with Crippen molar-refractivity contribution >= 4 is 17.9 Å². The zero-order chi connectivity index (χ0) is 39.5. The van der Waals surface area contributed by atoms with E-state index in [0.29, 0.717) is 49.4 Å². The second kappa shape index (κ2) is 21.5. The predicted molar refractivity (Wildman–Crippen MR) is 205 cm³/mol. The number of benzene rings is 2. The molecule has 1 unspecified atom stereocenters. The molecule has 0 fully saturated rings. The van der Waals surface area contributed by atoms with E-state index >= 15 is 0 Å². The van der Waals surface area contributed by atoms with Crippen LogP contribution < -0.4 is 23.7 Å². The lowest BCUT2D eigenvalue weighted by molar-refractivity contribution is -0.138. The zero-order valence-electron chi connectivity index (χ0n) is 31.5. The summed E-state index contributed by atoms with van der Waals surface area (Å²) in [7, 11) is 0. The number of esters is 3. The summed E-state index contributed by atoms with van der Waals surface area (Å²) >= 11 is 0. The molecule has 0 saturated carbocycles. The summed E-state index contributed by atoms with van der Waals surface area (Å²) in [6.07, 6.45) is 15.3. The fraction of sp³-hybridized carbons (Fsp3) is 0.357. The van der Waals surface area contributed by atoms with Crippen molar-refractivity contribution in [1.29, 1.82) is 0 Å². The molecule has 1 aliphatic carbocycles. The summed E-state index contributed by atoms with van der Waals surface area (Å²) in [5.74, 6) is 0.465. The van der Waals surface area contributed by atoms with Crippen molar-refractivity contribution in [1.82, 2.24) is 19.9 Å². The monoisotopic (exact) mass is 766 g/mol. The first-order chi connectivity index (χ1) is 27.3. The van der Waals surface area contributed by atoms with Gasteiger partial charge in [0.1, 0.15) is 11.5 Å². The lowest BCUT2D eigenvalue weighted by Crippen LogP contribution is -2.13. The Bertz CT molecular complexity index is 1940. The first-order valence-corrected chi connectivity index (χ1v) is 18.6. The third-order valence-corrected chi connectivity index (χ3v) is 8.75. The first-order valence-electron chi connectivity index (χ1n) is 18.6. The molecule has 0 spiro atoms. The molecule has 2 heterocycles. The third-order valence-electron chi connectivity index (χ3n) is 8.75. The van der Waals surface area contributed by atoms with Crippen molar-refractivity contribution in [2.24, 2.45) is 0 Å². The van der Waals surface area contributed by atoms with Gasteiger partial charge in [0.05, 0.1) is 51.2 Å². The standard InChI is InChI=1S/C42H46N4O10/c1-4-38(47)52-20-12-8-6-10-18-50-32-24-43-40(44-25-32)41(49)56-31-15-17-35-34-16-14-30(22-36(34)29(3)37(35)23-31)54-28-55-42-45-26-33(27-46-42)51-19-11-7-9-13-21-53-39(48)5-2/h4-5,14-17,22-27,29H,1-2,6-13,18-21,28H2,3H3. The zero-order valence-corrected chi connectivity index (χ0v) is 31.5. The maximum Gasteiger partial charge on any atom is 0.381 e. The van der Waals surface area contributed by atoms with Crippen LogP contribution in [0.5, 0.6) is 29.0 Å². The molecule has 4 aromatic rings. The number of ether oxygens (including phenoxy) is 7. The van der Waals surface area contributed by atoms with Crippen LogP contribution in [0, 0.1) is 0 Å². The maximum atomic E-state index is 12.9. The number of hydrogen-bond acceptors (Lipinski definition) is 14. The summed E-state index contributed by atoms with van der Waals surface area (Å²) in [5.41, 5.74) is 4.21. The Hall–Kier alpha value is -6.31. The molecule has 56 heavy (non-hydrogen) atoms. The molecule has 0 N–H and O–H groups in total. The highest BCUT2D eigenvalue weighted by molar-refractivity contribution is 5.87. The summed E-state index contributed by atoms with van der Waals surface area (Å²) in [4.78, 5) is 51.6. The summed E-state index contributed by atoms with van der Waals surface area (Å²) in [6, 6.07) is 11.6. The van der Waals surface area contributed by atoms with Gasteiger partial charge in [-0.25, -0.2) is 24.4 Å². The van der Waals surface area contributed by atoms with Gasteiger partial charge in [-0.2, -0.15) is 9.97 Å². The largest absolute Gasteiger partial charge is 0.490 e. The van der Waals surface area contributed by atoms with Gasteiger partial charge in [0.2, 0.25) is 12.6 Å². The topological polar surface area (TPSA) is 167 Å². The Balaban J connectivity index is 1.01. The van der Waals surface area contributed by atoms with Crippen molar-refractivity contribution in [3.63, 3.8) is 0 Å². The molecule has 0 aliphatic heterocycles. The van der Waals surface area contributed by atoms with Crippen molar-refractivity contribution in [3.05, 3.63) is 103 Å². The Morgan fingerprint density at radius 3 is 1.61 bits per heavy atom. The predicted octanol–water partition coefficient (Wildman–Crippen LogP) is 7.37. The normalized spacial score (nSPS) is 12.4. The molecule has 2 aromatic heterocycles. The molecular weight excluding hydrogens is 720 g/mol. The number of aromatic nitrogens is 4. The average molecular weight is 767 g/mol. The SMILES string of the molecule is C=CC(=O)OCCCCCCOc1cnc(OCOc2ccc3c(c2)C(C)c2cc(OC(=O)c4ncc(OCCCCCCOC(=O)C=C)cn4)ccc2-3)nc1. The number of nitrogens with zero attached hydrogens (tertiary/aromatic N) is 4. The minimum absolute atomic E-state index is 0.0171. The lowest BCUT2D eigenvalue weighted by Gasteiger charge is -2.11. The van der Waals surface area contributed by atoms with Crippen LogP contribution >= 0.6 is 0 Å². The minimum Gasteiger partial charge on any atom is -0.490 e. The number of fused-ring (bicyclic) bond motifs is 3. The van der Waals surface area contributed by atoms with Crippen LogP contribution in [-0.2, 0) is 19.1 Å². The Labute approximate surface area is 325 Å². The van der Waals surface area contributed by atoms with Crippen molar-refractivity contribution in [3.8, 4) is 40.1 Å². The van der Waals surface area contributed by atoms with E-state index in [0.717, 1.165) is 85.8 Å².